The lowest BCUT2D eigenvalue weighted by Crippen LogP contribution is -2.34. The van der Waals surface area contributed by atoms with Gasteiger partial charge < -0.3 is 3.88 Å². The topological polar surface area (TPSA) is 15.6 Å². The van der Waals surface area contributed by atoms with Gasteiger partial charge in [-0.05, 0) is 14.0 Å². The molecule has 0 bridgehead atoms. The molecule has 3 heteroatoms. The van der Waals surface area contributed by atoms with E-state index in [0.717, 1.165) is 5.84 Å². The van der Waals surface area contributed by atoms with Crippen LogP contribution in [0.25, 0.3) is 0 Å². The van der Waals surface area contributed by atoms with Gasteiger partial charge >= 0.3 is 14.4 Å². The number of aliphatic imine (C=N–C) groups is 1. The molecule has 52 valence electrons. The van der Waals surface area contributed by atoms with Crippen molar-refractivity contribution < 1.29 is 0 Å². The molecule has 0 saturated carbocycles. The maximum atomic E-state index is 4.09. The highest BCUT2D eigenvalue weighted by Crippen LogP contribution is 1.90. The molecule has 0 spiro atoms. The van der Waals surface area contributed by atoms with Crippen LogP contribution in [0.4, 0.5) is 0 Å². The first-order valence-corrected chi connectivity index (χ1v) is 6.08. The third-order valence-corrected chi connectivity index (χ3v) is 3.53. The smallest absolute Gasteiger partial charge is 0.408 e. The van der Waals surface area contributed by atoms with Gasteiger partial charge in [0.25, 0.3) is 0 Å². The van der Waals surface area contributed by atoms with Crippen molar-refractivity contribution in [2.45, 2.75) is 18.5 Å². The summed E-state index contributed by atoms with van der Waals surface area (Å²) in [6, 6.07) is 0. The molecule has 0 radical (unpaired) electrons. The van der Waals surface area contributed by atoms with Gasteiger partial charge in [-0.15, -0.1) is 0 Å². The Morgan fingerprint density at radius 1 is 1.44 bits per heavy atom. The zero-order valence-corrected chi connectivity index (χ0v) is 8.13. The summed E-state index contributed by atoms with van der Waals surface area (Å²) in [4.78, 5) is 4.09. The SMILES string of the molecule is CN=C(C)[N](C)[Al]([CH3])[CH3]. The van der Waals surface area contributed by atoms with E-state index in [-0.39, 0.29) is 0 Å². The van der Waals surface area contributed by atoms with Crippen molar-refractivity contribution >= 4 is 20.2 Å². The standard InChI is InChI=1S/C4H9N2.2CH3.Al/c1-4(5-2)6-3;;;/h1-3H3;2*1H3;/q-1;;;+1. The van der Waals surface area contributed by atoms with Crippen molar-refractivity contribution in [2.24, 2.45) is 4.99 Å². The van der Waals surface area contributed by atoms with Crippen molar-refractivity contribution in [1.29, 1.82) is 0 Å². The number of hydrogen-bond donors (Lipinski definition) is 0. The normalized spacial score (nSPS) is 11.4. The third-order valence-electron chi connectivity index (χ3n) is 1.61. The molecule has 0 rings (SSSR count). The van der Waals surface area contributed by atoms with Crippen LogP contribution in [0.5, 0.6) is 0 Å². The Bertz CT molecular complexity index is 110. The maximum Gasteiger partial charge on any atom is 0.408 e. The Morgan fingerprint density at radius 2 is 1.89 bits per heavy atom. The fourth-order valence-electron chi connectivity index (χ4n) is 0.531. The van der Waals surface area contributed by atoms with E-state index in [0.29, 0.717) is 0 Å². The molecule has 2 nitrogen and oxygen atoms in total. The van der Waals surface area contributed by atoms with E-state index >= 15 is 0 Å². The lowest BCUT2D eigenvalue weighted by molar-refractivity contribution is 0.772. The van der Waals surface area contributed by atoms with Crippen LogP contribution in [-0.2, 0) is 0 Å². The summed E-state index contributed by atoms with van der Waals surface area (Å²) < 4.78 is 2.28. The predicted molar refractivity (Wildman–Crippen MR) is 44.3 cm³/mol. The summed E-state index contributed by atoms with van der Waals surface area (Å²) in [7, 11) is 3.95. The van der Waals surface area contributed by atoms with Gasteiger partial charge in [0.2, 0.25) is 0 Å². The van der Waals surface area contributed by atoms with Gasteiger partial charge in [-0.25, -0.2) is 0 Å². The molecule has 0 N–H and O–H groups in total. The minimum Gasteiger partial charge on any atom is -0.454 e. The minimum absolute atomic E-state index is 0.638. The first kappa shape index (κ1) is 9.00. The van der Waals surface area contributed by atoms with Crippen molar-refractivity contribution in [3.63, 3.8) is 0 Å². The fourth-order valence-corrected chi connectivity index (χ4v) is 1.39. The lowest BCUT2D eigenvalue weighted by Gasteiger charge is -2.20. The molecule has 0 fully saturated rings. The molecule has 0 aliphatic rings. The second-order valence-electron chi connectivity index (χ2n) is 2.48. The number of amidine groups is 1. The van der Waals surface area contributed by atoms with Gasteiger partial charge in [0.05, 0.1) is 5.84 Å². The second-order valence-corrected chi connectivity index (χ2v) is 5.44. The summed E-state index contributed by atoms with van der Waals surface area (Å²) in [5, 5.41) is 0. The summed E-state index contributed by atoms with van der Waals surface area (Å²) >= 11 is -0.638. The first-order valence-electron chi connectivity index (χ1n) is 3.25. The molecule has 0 aliphatic carbocycles. The predicted octanol–water partition coefficient (Wildman–Crippen LogP) is 1.22. The van der Waals surface area contributed by atoms with E-state index < -0.39 is 14.4 Å². The van der Waals surface area contributed by atoms with Gasteiger partial charge in [-0.2, -0.15) is 0 Å². The largest absolute Gasteiger partial charge is 0.454 e. The molecule has 9 heavy (non-hydrogen) atoms. The van der Waals surface area contributed by atoms with Crippen LogP contribution >= 0.6 is 0 Å². The zero-order chi connectivity index (χ0) is 7.44. The zero-order valence-electron chi connectivity index (χ0n) is 6.97. The Balaban J connectivity index is 3.88. The molecule has 0 aliphatic heterocycles. The third kappa shape index (κ3) is 2.88. The molecule has 0 aromatic heterocycles. The van der Waals surface area contributed by atoms with Gasteiger partial charge in [0, 0.05) is 7.05 Å². The highest BCUT2D eigenvalue weighted by molar-refractivity contribution is 6.55. The van der Waals surface area contributed by atoms with E-state index in [1.54, 1.807) is 0 Å². The van der Waals surface area contributed by atoms with Crippen LogP contribution in [0, 0.1) is 0 Å². The highest BCUT2D eigenvalue weighted by atomic mass is 27.2. The fraction of sp³-hybridized carbons (Fsp3) is 0.833. The van der Waals surface area contributed by atoms with Crippen molar-refractivity contribution in [3.05, 3.63) is 0 Å². The van der Waals surface area contributed by atoms with E-state index in [4.69, 9.17) is 0 Å². The Kier molecular flexibility index (Phi) is 3.92. The van der Waals surface area contributed by atoms with Gasteiger partial charge in [0.1, 0.15) is 0 Å². The Morgan fingerprint density at radius 3 is 2.00 bits per heavy atom. The Hall–Kier alpha value is 0.00247. The highest BCUT2D eigenvalue weighted by Gasteiger charge is 2.10. The molecule has 0 aromatic rings. The molecule has 0 aromatic carbocycles. The number of hydrogen-bond acceptors (Lipinski definition) is 1. The molecule has 0 amide bonds. The number of rotatable bonds is 1. The van der Waals surface area contributed by atoms with Crippen LogP contribution in [0.15, 0.2) is 4.99 Å². The van der Waals surface area contributed by atoms with E-state index in [1.165, 1.54) is 0 Å². The van der Waals surface area contributed by atoms with E-state index in [1.807, 2.05) is 14.0 Å². The van der Waals surface area contributed by atoms with Gasteiger partial charge in [0.15, 0.2) is 0 Å². The monoisotopic (exact) mass is 142 g/mol. The van der Waals surface area contributed by atoms with Crippen molar-refractivity contribution in [3.8, 4) is 0 Å². The summed E-state index contributed by atoms with van der Waals surface area (Å²) in [5.41, 5.74) is 0. The maximum absolute atomic E-state index is 4.09. The van der Waals surface area contributed by atoms with Crippen LogP contribution in [0.3, 0.4) is 0 Å². The van der Waals surface area contributed by atoms with Gasteiger partial charge in [-0.3, -0.25) is 4.99 Å². The molecule has 0 saturated heterocycles. The molecule has 0 heterocycles. The van der Waals surface area contributed by atoms with Crippen LogP contribution in [0.1, 0.15) is 6.92 Å². The lowest BCUT2D eigenvalue weighted by atomic mass is 10.7. The van der Waals surface area contributed by atoms with E-state index in [2.05, 4.69) is 27.5 Å². The van der Waals surface area contributed by atoms with Crippen LogP contribution in [0.2, 0.25) is 11.6 Å². The molecular formula is C6H15AlN2. The first-order chi connectivity index (χ1) is 4.09. The van der Waals surface area contributed by atoms with Crippen LogP contribution < -0.4 is 0 Å². The van der Waals surface area contributed by atoms with Crippen molar-refractivity contribution in [1.82, 2.24) is 3.88 Å². The van der Waals surface area contributed by atoms with E-state index in [9.17, 15) is 0 Å². The van der Waals surface area contributed by atoms with Crippen LogP contribution in [-0.4, -0.2) is 38.2 Å². The average Bonchev–Trinajstić information content (AvgIpc) is 1.84. The quantitative estimate of drug-likeness (QED) is 0.305. The molecule has 0 unspecified atom stereocenters. The summed E-state index contributed by atoms with van der Waals surface area (Å²) in [6.45, 7) is 2.05. The summed E-state index contributed by atoms with van der Waals surface area (Å²) in [5.74, 6) is 5.72. The molecular weight excluding hydrogens is 127 g/mol. The minimum atomic E-state index is -0.638. The average molecular weight is 142 g/mol. The Labute approximate surface area is 62.2 Å². The second kappa shape index (κ2) is 3.92. The summed E-state index contributed by atoms with van der Waals surface area (Å²) in [6.07, 6.45) is 0. The van der Waals surface area contributed by atoms with Gasteiger partial charge in [-0.1, -0.05) is 11.6 Å². The molecule has 0 atom stereocenters. The van der Waals surface area contributed by atoms with Crippen molar-refractivity contribution in [2.75, 3.05) is 14.1 Å². The number of nitrogens with zero attached hydrogens (tertiary/aromatic N) is 2.